The minimum absolute atomic E-state index is 0.299. The quantitative estimate of drug-likeness (QED) is 0.897. The summed E-state index contributed by atoms with van der Waals surface area (Å²) < 4.78 is 2.65. The van der Waals surface area contributed by atoms with Crippen molar-refractivity contribution in [3.63, 3.8) is 0 Å². The minimum Gasteiger partial charge on any atom is -0.384 e. The highest BCUT2D eigenvalue weighted by atomic mass is 79.9. The van der Waals surface area contributed by atoms with Crippen LogP contribution in [0.3, 0.4) is 0 Å². The van der Waals surface area contributed by atoms with E-state index >= 15 is 0 Å². The number of nitrogens with zero attached hydrogens (tertiary/aromatic N) is 2. The second-order valence-corrected chi connectivity index (χ2v) is 5.87. The Balaban J connectivity index is 2.67. The molecule has 0 fully saturated rings. The maximum absolute atomic E-state index is 6.28. The van der Waals surface area contributed by atoms with Crippen LogP contribution in [0, 0.1) is 0 Å². The molecule has 96 valence electrons. The van der Waals surface area contributed by atoms with E-state index in [1.54, 1.807) is 4.68 Å². The topological polar surface area (TPSA) is 43.8 Å². The fourth-order valence-electron chi connectivity index (χ4n) is 2.00. The average Bonchev–Trinajstić information content (AvgIpc) is 2.55. The zero-order valence-electron chi connectivity index (χ0n) is 10.5. The van der Waals surface area contributed by atoms with E-state index in [4.69, 9.17) is 17.3 Å². The lowest BCUT2D eigenvalue weighted by Gasteiger charge is -2.08. The summed E-state index contributed by atoms with van der Waals surface area (Å²) in [6, 6.07) is 5.78. The predicted octanol–water partition coefficient (Wildman–Crippen LogP) is 4.21. The monoisotopic (exact) mass is 327 g/mol. The summed E-state index contributed by atoms with van der Waals surface area (Å²) in [4.78, 5) is 0. The fourth-order valence-corrected chi connectivity index (χ4v) is 2.77. The smallest absolute Gasteiger partial charge is 0.125 e. The summed E-state index contributed by atoms with van der Waals surface area (Å²) in [5, 5.41) is 5.15. The predicted molar refractivity (Wildman–Crippen MR) is 79.9 cm³/mol. The maximum Gasteiger partial charge on any atom is 0.125 e. The molecule has 5 heteroatoms. The molecule has 0 aliphatic rings. The summed E-state index contributed by atoms with van der Waals surface area (Å²) in [6.07, 6.45) is 0. The molecular weight excluding hydrogens is 314 g/mol. The lowest BCUT2D eigenvalue weighted by Crippen LogP contribution is -2.00. The van der Waals surface area contributed by atoms with Crippen molar-refractivity contribution in [2.24, 2.45) is 7.05 Å². The van der Waals surface area contributed by atoms with Gasteiger partial charge in [0.05, 0.1) is 10.7 Å². The van der Waals surface area contributed by atoms with E-state index in [-0.39, 0.29) is 0 Å². The van der Waals surface area contributed by atoms with Crippen LogP contribution in [0.2, 0.25) is 5.02 Å². The number of halogens is 2. The molecule has 0 bridgehead atoms. The largest absolute Gasteiger partial charge is 0.384 e. The van der Waals surface area contributed by atoms with Gasteiger partial charge < -0.3 is 5.73 Å². The summed E-state index contributed by atoms with van der Waals surface area (Å²) in [6.45, 7) is 4.20. The normalized spacial score (nSPS) is 11.2. The van der Waals surface area contributed by atoms with Crippen LogP contribution in [-0.2, 0) is 7.05 Å². The Hall–Kier alpha value is -1.00. The van der Waals surface area contributed by atoms with Gasteiger partial charge in [-0.2, -0.15) is 5.10 Å². The van der Waals surface area contributed by atoms with Gasteiger partial charge in [-0.15, -0.1) is 0 Å². The van der Waals surface area contributed by atoms with Crippen LogP contribution in [0.5, 0.6) is 0 Å². The number of hydrogen-bond donors (Lipinski definition) is 1. The van der Waals surface area contributed by atoms with Crippen molar-refractivity contribution in [3.8, 4) is 11.3 Å². The van der Waals surface area contributed by atoms with E-state index in [1.807, 2.05) is 25.2 Å². The molecular formula is C13H15BrClN3. The third-order valence-electron chi connectivity index (χ3n) is 2.89. The molecule has 0 unspecified atom stereocenters. The molecule has 0 aliphatic heterocycles. The number of anilines is 1. The van der Waals surface area contributed by atoms with Crippen molar-refractivity contribution in [2.75, 3.05) is 5.73 Å². The highest BCUT2D eigenvalue weighted by Gasteiger charge is 2.19. The number of benzene rings is 1. The lowest BCUT2D eigenvalue weighted by molar-refractivity contribution is 0.780. The number of aryl methyl sites for hydroxylation is 1. The van der Waals surface area contributed by atoms with E-state index in [9.17, 15) is 0 Å². The van der Waals surface area contributed by atoms with Gasteiger partial charge in [-0.05, 0) is 18.1 Å². The average molecular weight is 329 g/mol. The number of hydrogen-bond acceptors (Lipinski definition) is 2. The SMILES string of the molecule is CC(C)c1c(-c2ccc(Br)cc2Cl)nn(C)c1N. The molecule has 0 saturated heterocycles. The highest BCUT2D eigenvalue weighted by molar-refractivity contribution is 9.10. The summed E-state index contributed by atoms with van der Waals surface area (Å²) in [7, 11) is 1.84. The Morgan fingerprint density at radius 2 is 2.06 bits per heavy atom. The maximum atomic E-state index is 6.28. The Bertz CT molecular complexity index is 590. The summed E-state index contributed by atoms with van der Waals surface area (Å²) in [5.41, 5.74) is 8.89. The van der Waals surface area contributed by atoms with Gasteiger partial charge in [-0.25, -0.2) is 0 Å². The van der Waals surface area contributed by atoms with Crippen LogP contribution in [0.1, 0.15) is 25.3 Å². The van der Waals surface area contributed by atoms with E-state index < -0.39 is 0 Å². The van der Waals surface area contributed by atoms with Gasteiger partial charge in [0, 0.05) is 22.6 Å². The molecule has 18 heavy (non-hydrogen) atoms. The van der Waals surface area contributed by atoms with Gasteiger partial charge in [-0.1, -0.05) is 47.4 Å². The highest BCUT2D eigenvalue weighted by Crippen LogP contribution is 2.37. The molecule has 3 nitrogen and oxygen atoms in total. The van der Waals surface area contributed by atoms with E-state index in [0.717, 1.165) is 21.3 Å². The fraction of sp³-hybridized carbons (Fsp3) is 0.308. The van der Waals surface area contributed by atoms with Gasteiger partial charge in [-0.3, -0.25) is 4.68 Å². The van der Waals surface area contributed by atoms with E-state index in [2.05, 4.69) is 34.9 Å². The standard InChI is InChI=1S/C13H15BrClN3/c1-7(2)11-12(17-18(3)13(11)16)9-5-4-8(14)6-10(9)15/h4-7H,16H2,1-3H3. The summed E-state index contributed by atoms with van der Waals surface area (Å²) >= 11 is 9.68. The van der Waals surface area contributed by atoms with Crippen molar-refractivity contribution in [1.82, 2.24) is 9.78 Å². The number of aromatic nitrogens is 2. The van der Waals surface area contributed by atoms with Gasteiger partial charge in [0.25, 0.3) is 0 Å². The van der Waals surface area contributed by atoms with Crippen molar-refractivity contribution < 1.29 is 0 Å². The molecule has 0 radical (unpaired) electrons. The Morgan fingerprint density at radius 3 is 2.61 bits per heavy atom. The Kier molecular flexibility index (Phi) is 3.69. The first kappa shape index (κ1) is 13.4. The number of nitrogens with two attached hydrogens (primary N) is 1. The van der Waals surface area contributed by atoms with Gasteiger partial charge in [0.1, 0.15) is 5.82 Å². The van der Waals surface area contributed by atoms with E-state index in [1.165, 1.54) is 0 Å². The summed E-state index contributed by atoms with van der Waals surface area (Å²) in [5.74, 6) is 0.993. The van der Waals surface area contributed by atoms with Crippen LogP contribution < -0.4 is 5.73 Å². The van der Waals surface area contributed by atoms with Crippen molar-refractivity contribution in [3.05, 3.63) is 33.3 Å². The van der Waals surface area contributed by atoms with Crippen LogP contribution >= 0.6 is 27.5 Å². The Labute approximate surface area is 120 Å². The Morgan fingerprint density at radius 1 is 1.39 bits per heavy atom. The molecule has 1 heterocycles. The van der Waals surface area contributed by atoms with Crippen LogP contribution in [0.4, 0.5) is 5.82 Å². The minimum atomic E-state index is 0.299. The molecule has 0 spiro atoms. The molecule has 1 aromatic heterocycles. The second-order valence-electron chi connectivity index (χ2n) is 4.55. The third-order valence-corrected chi connectivity index (χ3v) is 3.70. The third kappa shape index (κ3) is 2.27. The zero-order chi connectivity index (χ0) is 13.4. The van der Waals surface area contributed by atoms with Crippen molar-refractivity contribution in [2.45, 2.75) is 19.8 Å². The molecule has 2 aromatic rings. The lowest BCUT2D eigenvalue weighted by atomic mass is 9.99. The molecule has 2 N–H and O–H groups in total. The van der Waals surface area contributed by atoms with Gasteiger partial charge >= 0.3 is 0 Å². The number of nitrogen functional groups attached to an aromatic ring is 1. The molecule has 0 atom stereocenters. The molecule has 0 saturated carbocycles. The first-order valence-corrected chi connectivity index (χ1v) is 6.86. The van der Waals surface area contributed by atoms with Crippen molar-refractivity contribution >= 4 is 33.3 Å². The molecule has 0 aliphatic carbocycles. The first-order chi connectivity index (χ1) is 8.41. The molecule has 1 aromatic carbocycles. The molecule has 0 amide bonds. The van der Waals surface area contributed by atoms with Gasteiger partial charge in [0.15, 0.2) is 0 Å². The van der Waals surface area contributed by atoms with Crippen LogP contribution in [0.25, 0.3) is 11.3 Å². The van der Waals surface area contributed by atoms with Crippen LogP contribution in [-0.4, -0.2) is 9.78 Å². The number of rotatable bonds is 2. The zero-order valence-corrected chi connectivity index (χ0v) is 12.9. The first-order valence-electron chi connectivity index (χ1n) is 5.69. The van der Waals surface area contributed by atoms with Crippen molar-refractivity contribution in [1.29, 1.82) is 0 Å². The second kappa shape index (κ2) is 4.94. The van der Waals surface area contributed by atoms with E-state index in [0.29, 0.717) is 16.8 Å². The van der Waals surface area contributed by atoms with Gasteiger partial charge in [0.2, 0.25) is 0 Å². The van der Waals surface area contributed by atoms with Crippen LogP contribution in [0.15, 0.2) is 22.7 Å². The molecule has 2 rings (SSSR count).